The summed E-state index contributed by atoms with van der Waals surface area (Å²) in [4.78, 5) is 24.6. The molecule has 0 radical (unpaired) electrons. The molecule has 152 valence electrons. The number of methoxy groups -OCH3 is 1. The molecule has 0 aliphatic heterocycles. The number of fused-ring (bicyclic) bond motifs is 1. The average molecular weight is 398 g/mol. The molecule has 7 nitrogen and oxygen atoms in total. The van der Waals surface area contributed by atoms with Crippen LogP contribution < -0.4 is 14.9 Å². The van der Waals surface area contributed by atoms with E-state index >= 15 is 0 Å². The Bertz CT molecular complexity index is 1040. The first-order chi connectivity index (χ1) is 14.0. The number of hydrogen-bond acceptors (Lipinski definition) is 7. The topological polar surface area (TPSA) is 84.2 Å². The van der Waals surface area contributed by atoms with Crippen molar-refractivity contribution >= 4 is 16.9 Å². The van der Waals surface area contributed by atoms with Crippen LogP contribution in [-0.2, 0) is 14.3 Å². The van der Waals surface area contributed by atoms with Gasteiger partial charge in [-0.3, -0.25) is 4.79 Å². The third kappa shape index (κ3) is 5.14. The number of rotatable bonds is 8. The van der Waals surface area contributed by atoms with Crippen molar-refractivity contribution in [1.29, 1.82) is 0 Å². The van der Waals surface area contributed by atoms with Crippen LogP contribution >= 0.6 is 0 Å². The van der Waals surface area contributed by atoms with Gasteiger partial charge in [-0.25, -0.2) is 4.79 Å². The van der Waals surface area contributed by atoms with Gasteiger partial charge in [0.2, 0.25) is 11.2 Å². The largest absolute Gasteiger partial charge is 0.479 e. The average Bonchev–Trinajstić information content (AvgIpc) is 2.71. The van der Waals surface area contributed by atoms with Crippen LogP contribution in [0.4, 0.5) is 0 Å². The molecule has 7 heteroatoms. The minimum atomic E-state index is -0.819. The highest BCUT2D eigenvalue weighted by molar-refractivity contribution is 5.79. The van der Waals surface area contributed by atoms with E-state index < -0.39 is 12.1 Å². The first kappa shape index (κ1) is 20.4. The number of aryl methyl sites for hydroxylation is 1. The Hall–Kier alpha value is -3.32. The quantitative estimate of drug-likeness (QED) is 0.421. The fourth-order valence-electron chi connectivity index (χ4n) is 2.56. The molecule has 0 saturated carbocycles. The Labute approximate surface area is 167 Å². The maximum absolute atomic E-state index is 12.7. The molecule has 2 aromatic carbocycles. The van der Waals surface area contributed by atoms with Gasteiger partial charge >= 0.3 is 5.97 Å². The SMILES string of the molecule is COCCOC(=O)C(C)Oc1ccc2c(=O)c(Oc3ccc(C)cc3)coc2c1. The summed E-state index contributed by atoms with van der Waals surface area (Å²) >= 11 is 0. The van der Waals surface area contributed by atoms with Gasteiger partial charge in [0.15, 0.2) is 6.10 Å². The minimum absolute atomic E-state index is 0.0881. The van der Waals surface area contributed by atoms with E-state index in [0.717, 1.165) is 5.56 Å². The van der Waals surface area contributed by atoms with Crippen molar-refractivity contribution in [3.05, 3.63) is 64.5 Å². The zero-order chi connectivity index (χ0) is 20.8. The van der Waals surface area contributed by atoms with Gasteiger partial charge in [-0.2, -0.15) is 0 Å². The fraction of sp³-hybridized carbons (Fsp3) is 0.273. The van der Waals surface area contributed by atoms with E-state index in [9.17, 15) is 9.59 Å². The lowest BCUT2D eigenvalue weighted by Crippen LogP contribution is -2.27. The van der Waals surface area contributed by atoms with E-state index in [1.807, 2.05) is 19.1 Å². The fourth-order valence-corrected chi connectivity index (χ4v) is 2.56. The number of hydrogen-bond donors (Lipinski definition) is 0. The van der Waals surface area contributed by atoms with Crippen molar-refractivity contribution < 1.29 is 28.2 Å². The van der Waals surface area contributed by atoms with Crippen molar-refractivity contribution in [1.82, 2.24) is 0 Å². The lowest BCUT2D eigenvalue weighted by Gasteiger charge is -2.14. The van der Waals surface area contributed by atoms with Crippen LogP contribution in [0, 0.1) is 6.92 Å². The van der Waals surface area contributed by atoms with E-state index in [1.165, 1.54) is 13.4 Å². The van der Waals surface area contributed by atoms with Crippen LogP contribution in [0.3, 0.4) is 0 Å². The molecule has 1 unspecified atom stereocenters. The van der Waals surface area contributed by atoms with Crippen molar-refractivity contribution in [2.75, 3.05) is 20.3 Å². The molecule has 0 amide bonds. The first-order valence-electron chi connectivity index (χ1n) is 9.10. The van der Waals surface area contributed by atoms with Gasteiger partial charge in [0.25, 0.3) is 0 Å². The molecular weight excluding hydrogens is 376 g/mol. The van der Waals surface area contributed by atoms with Gasteiger partial charge in [0.05, 0.1) is 12.0 Å². The Morgan fingerprint density at radius 3 is 2.52 bits per heavy atom. The second-order valence-corrected chi connectivity index (χ2v) is 6.42. The monoisotopic (exact) mass is 398 g/mol. The second-order valence-electron chi connectivity index (χ2n) is 6.42. The standard InChI is InChI=1S/C22H22O7/c1-14-4-6-16(7-5-14)29-20-13-27-19-12-17(8-9-18(19)21(20)23)28-15(2)22(24)26-11-10-25-3/h4-9,12-13,15H,10-11H2,1-3H3. The molecule has 0 aliphatic carbocycles. The zero-order valence-electron chi connectivity index (χ0n) is 16.5. The van der Waals surface area contributed by atoms with Gasteiger partial charge < -0.3 is 23.4 Å². The lowest BCUT2D eigenvalue weighted by molar-refractivity contribution is -0.152. The van der Waals surface area contributed by atoms with Crippen LogP contribution in [0.1, 0.15) is 12.5 Å². The molecule has 1 atom stereocenters. The van der Waals surface area contributed by atoms with Crippen LogP contribution in [0.2, 0.25) is 0 Å². The van der Waals surface area contributed by atoms with Crippen molar-refractivity contribution in [2.45, 2.75) is 20.0 Å². The Kier molecular flexibility index (Phi) is 6.51. The summed E-state index contributed by atoms with van der Waals surface area (Å²) in [5, 5.41) is 0.345. The zero-order valence-corrected chi connectivity index (χ0v) is 16.5. The lowest BCUT2D eigenvalue weighted by atomic mass is 10.2. The Morgan fingerprint density at radius 2 is 1.79 bits per heavy atom. The molecule has 0 aliphatic rings. The highest BCUT2D eigenvalue weighted by Crippen LogP contribution is 2.24. The van der Waals surface area contributed by atoms with Crippen LogP contribution in [0.5, 0.6) is 17.2 Å². The summed E-state index contributed by atoms with van der Waals surface area (Å²) in [5.41, 5.74) is 1.11. The van der Waals surface area contributed by atoms with Gasteiger partial charge in [0.1, 0.15) is 30.0 Å². The molecule has 1 aromatic heterocycles. The number of benzene rings is 2. The van der Waals surface area contributed by atoms with Crippen LogP contribution in [0.15, 0.2) is 57.9 Å². The second kappa shape index (κ2) is 9.25. The maximum Gasteiger partial charge on any atom is 0.347 e. The molecule has 0 saturated heterocycles. The molecule has 0 fully saturated rings. The number of carbonyl (C=O) groups excluding carboxylic acids is 1. The van der Waals surface area contributed by atoms with Crippen LogP contribution in [-0.4, -0.2) is 32.4 Å². The molecule has 3 aromatic rings. The number of carbonyl (C=O) groups is 1. The van der Waals surface area contributed by atoms with E-state index in [4.69, 9.17) is 23.4 Å². The van der Waals surface area contributed by atoms with E-state index in [1.54, 1.807) is 37.3 Å². The predicted molar refractivity (Wildman–Crippen MR) is 107 cm³/mol. The summed E-state index contributed by atoms with van der Waals surface area (Å²) in [7, 11) is 1.52. The van der Waals surface area contributed by atoms with E-state index in [-0.39, 0.29) is 17.8 Å². The third-order valence-electron chi connectivity index (χ3n) is 4.14. The Morgan fingerprint density at radius 1 is 1.07 bits per heavy atom. The van der Waals surface area contributed by atoms with Gasteiger partial charge in [-0.15, -0.1) is 0 Å². The first-order valence-corrected chi connectivity index (χ1v) is 9.10. The molecule has 1 heterocycles. The smallest absolute Gasteiger partial charge is 0.347 e. The van der Waals surface area contributed by atoms with Crippen LogP contribution in [0.25, 0.3) is 11.0 Å². The molecule has 0 bridgehead atoms. The summed E-state index contributed by atoms with van der Waals surface area (Å²) in [5.74, 6) is 0.502. The number of ether oxygens (including phenoxy) is 4. The molecule has 3 rings (SSSR count). The van der Waals surface area contributed by atoms with Crippen molar-refractivity contribution in [2.24, 2.45) is 0 Å². The normalized spacial score (nSPS) is 11.8. The predicted octanol–water partition coefficient (Wildman–Crippen LogP) is 3.85. The summed E-state index contributed by atoms with van der Waals surface area (Å²) < 4.78 is 26.6. The number of esters is 1. The van der Waals surface area contributed by atoms with Crippen molar-refractivity contribution in [3.8, 4) is 17.2 Å². The molecule has 0 N–H and O–H groups in total. The van der Waals surface area contributed by atoms with E-state index in [2.05, 4.69) is 0 Å². The highest BCUT2D eigenvalue weighted by Gasteiger charge is 2.17. The molecular formula is C22H22O7. The summed E-state index contributed by atoms with van der Waals surface area (Å²) in [6.45, 7) is 4.01. The highest BCUT2D eigenvalue weighted by atomic mass is 16.6. The van der Waals surface area contributed by atoms with Gasteiger partial charge in [0, 0.05) is 13.2 Å². The summed E-state index contributed by atoms with van der Waals surface area (Å²) in [6.07, 6.45) is 0.441. The third-order valence-corrected chi connectivity index (χ3v) is 4.14. The van der Waals surface area contributed by atoms with Gasteiger partial charge in [-0.1, -0.05) is 17.7 Å². The summed E-state index contributed by atoms with van der Waals surface area (Å²) in [6, 6.07) is 12.1. The van der Waals surface area contributed by atoms with Gasteiger partial charge in [-0.05, 0) is 38.1 Å². The maximum atomic E-state index is 12.7. The minimum Gasteiger partial charge on any atom is -0.479 e. The van der Waals surface area contributed by atoms with E-state index in [0.29, 0.717) is 29.1 Å². The molecule has 29 heavy (non-hydrogen) atoms. The van der Waals surface area contributed by atoms with Crippen molar-refractivity contribution in [3.63, 3.8) is 0 Å². The Balaban J connectivity index is 1.74. The molecule has 0 spiro atoms.